The van der Waals surface area contributed by atoms with Crippen LogP contribution < -0.4 is 21.5 Å². The van der Waals surface area contributed by atoms with Gasteiger partial charge in [0.1, 0.15) is 5.82 Å². The predicted octanol–water partition coefficient (Wildman–Crippen LogP) is 2.45. The molecule has 1 aliphatic rings. The van der Waals surface area contributed by atoms with E-state index in [-0.39, 0.29) is 11.4 Å². The van der Waals surface area contributed by atoms with Crippen molar-refractivity contribution in [1.29, 1.82) is 0 Å². The molecule has 0 spiro atoms. The topological polar surface area (TPSA) is 80.3 Å². The van der Waals surface area contributed by atoms with Gasteiger partial charge in [-0.05, 0) is 49.0 Å². The number of imidazole rings is 1. The van der Waals surface area contributed by atoms with Gasteiger partial charge in [0.15, 0.2) is 16.3 Å². The van der Waals surface area contributed by atoms with E-state index in [1.807, 2.05) is 29.7 Å². The summed E-state index contributed by atoms with van der Waals surface area (Å²) in [7, 11) is 3.12. The molecule has 2 aromatic carbocycles. The van der Waals surface area contributed by atoms with Crippen molar-refractivity contribution < 1.29 is 4.39 Å². The Morgan fingerprint density at radius 3 is 2.41 bits per heavy atom. The van der Waals surface area contributed by atoms with Crippen molar-refractivity contribution in [3.05, 3.63) is 86.3 Å². The highest BCUT2D eigenvalue weighted by Crippen LogP contribution is 2.23. The van der Waals surface area contributed by atoms with E-state index in [1.165, 1.54) is 23.7 Å². The van der Waals surface area contributed by atoms with Gasteiger partial charge in [0.2, 0.25) is 5.95 Å². The molecule has 5 rings (SSSR count). The molecule has 0 aliphatic carbocycles. The molecule has 1 N–H and O–H groups in total. The first-order valence-electron chi connectivity index (χ1n) is 12.0. The lowest BCUT2D eigenvalue weighted by atomic mass is 10.1. The van der Waals surface area contributed by atoms with Crippen molar-refractivity contribution in [2.45, 2.75) is 13.5 Å². The second kappa shape index (κ2) is 9.81. The summed E-state index contributed by atoms with van der Waals surface area (Å²) >= 11 is 5.58. The Balaban J connectivity index is 1.45. The van der Waals surface area contributed by atoms with Crippen LogP contribution in [0.4, 0.5) is 16.0 Å². The Bertz CT molecular complexity index is 1600. The highest BCUT2D eigenvalue weighted by molar-refractivity contribution is 7.80. The van der Waals surface area contributed by atoms with Gasteiger partial charge >= 0.3 is 5.69 Å². The zero-order valence-electron chi connectivity index (χ0n) is 20.9. The van der Waals surface area contributed by atoms with E-state index in [2.05, 4.69) is 21.2 Å². The van der Waals surface area contributed by atoms with Crippen LogP contribution in [-0.4, -0.2) is 54.9 Å². The first kappa shape index (κ1) is 24.7. The maximum Gasteiger partial charge on any atom is 0.332 e. The zero-order valence-corrected chi connectivity index (χ0v) is 21.8. The third-order valence-electron chi connectivity index (χ3n) is 6.70. The molecular weight excluding hydrogens is 493 g/mol. The monoisotopic (exact) mass is 521 g/mol. The Morgan fingerprint density at radius 2 is 1.73 bits per heavy atom. The SMILES string of the molecule is Cc1cccc(Cn2c(N3CCN(C(=S)Nc4ccc(F)cc4)CC3)nc3c2c(=O)n(C)c(=O)n3C)c1. The number of hydrogen-bond donors (Lipinski definition) is 1. The number of hydrogen-bond acceptors (Lipinski definition) is 5. The van der Waals surface area contributed by atoms with Crippen molar-refractivity contribution in [2.75, 3.05) is 36.4 Å². The minimum Gasteiger partial charge on any atom is -0.345 e. The van der Waals surface area contributed by atoms with Crippen LogP contribution in [0.3, 0.4) is 0 Å². The molecule has 4 aromatic rings. The third kappa shape index (κ3) is 4.74. The molecule has 1 aliphatic heterocycles. The molecule has 0 bridgehead atoms. The summed E-state index contributed by atoms with van der Waals surface area (Å²) < 4.78 is 17.7. The lowest BCUT2D eigenvalue weighted by molar-refractivity contribution is 0.386. The Kier molecular flexibility index (Phi) is 6.55. The van der Waals surface area contributed by atoms with Gasteiger partial charge < -0.3 is 15.1 Å². The molecule has 3 heterocycles. The van der Waals surface area contributed by atoms with E-state index in [4.69, 9.17) is 17.2 Å². The number of aromatic nitrogens is 4. The van der Waals surface area contributed by atoms with E-state index < -0.39 is 5.69 Å². The minimum absolute atomic E-state index is 0.300. The second-order valence-corrected chi connectivity index (χ2v) is 9.66. The van der Waals surface area contributed by atoms with Gasteiger partial charge in [0.05, 0.1) is 6.54 Å². The smallest absolute Gasteiger partial charge is 0.332 e. The van der Waals surface area contributed by atoms with Gasteiger partial charge in [0.25, 0.3) is 5.56 Å². The number of nitrogens with zero attached hydrogens (tertiary/aromatic N) is 6. The standard InChI is InChI=1S/C26H28FN7O2S/c1-17-5-4-6-18(15-17)16-34-21-22(30(2)26(36)31(3)23(21)35)29-24(34)32-11-13-33(14-12-32)25(37)28-20-9-7-19(27)8-10-20/h4-10,15H,11-14,16H2,1-3H3,(H,28,37). The lowest BCUT2D eigenvalue weighted by Gasteiger charge is -2.36. The summed E-state index contributed by atoms with van der Waals surface area (Å²) in [5, 5.41) is 3.73. The fraction of sp³-hybridized carbons (Fsp3) is 0.308. The molecule has 9 nitrogen and oxygen atoms in total. The van der Waals surface area contributed by atoms with Crippen molar-refractivity contribution in [3.8, 4) is 0 Å². The number of anilines is 2. The fourth-order valence-corrected chi connectivity index (χ4v) is 4.96. The highest BCUT2D eigenvalue weighted by Gasteiger charge is 2.26. The van der Waals surface area contributed by atoms with Crippen LogP contribution >= 0.6 is 12.2 Å². The average Bonchev–Trinajstić information content (AvgIpc) is 3.27. The number of thiocarbonyl (C=S) groups is 1. The van der Waals surface area contributed by atoms with Crippen LogP contribution in [-0.2, 0) is 20.6 Å². The molecule has 0 radical (unpaired) electrons. The Labute approximate surface area is 218 Å². The maximum absolute atomic E-state index is 13.2. The highest BCUT2D eigenvalue weighted by atomic mass is 32.1. The molecule has 0 unspecified atom stereocenters. The van der Waals surface area contributed by atoms with Crippen LogP contribution in [0.5, 0.6) is 0 Å². The number of rotatable bonds is 4. The second-order valence-electron chi connectivity index (χ2n) is 9.28. The molecule has 0 amide bonds. The summed E-state index contributed by atoms with van der Waals surface area (Å²) in [6, 6.07) is 14.2. The number of fused-ring (bicyclic) bond motifs is 1. The molecule has 0 saturated carbocycles. The molecule has 1 fully saturated rings. The van der Waals surface area contributed by atoms with E-state index in [0.717, 1.165) is 21.4 Å². The van der Waals surface area contributed by atoms with Crippen molar-refractivity contribution >= 4 is 40.1 Å². The van der Waals surface area contributed by atoms with Crippen LogP contribution in [0, 0.1) is 12.7 Å². The van der Waals surface area contributed by atoms with Crippen LogP contribution in [0.25, 0.3) is 11.2 Å². The Hall–Kier alpha value is -3.99. The predicted molar refractivity (Wildman–Crippen MR) is 147 cm³/mol. The van der Waals surface area contributed by atoms with Crippen LogP contribution in [0.1, 0.15) is 11.1 Å². The Morgan fingerprint density at radius 1 is 1.03 bits per heavy atom. The van der Waals surface area contributed by atoms with Crippen LogP contribution in [0.15, 0.2) is 58.1 Å². The summed E-state index contributed by atoms with van der Waals surface area (Å²) in [4.78, 5) is 34.8. The first-order valence-corrected chi connectivity index (χ1v) is 12.4. The lowest BCUT2D eigenvalue weighted by Crippen LogP contribution is -2.50. The molecule has 11 heteroatoms. The molecule has 0 atom stereocenters. The van der Waals surface area contributed by atoms with E-state index in [1.54, 1.807) is 19.2 Å². The molecular formula is C26H28FN7O2S. The van der Waals surface area contributed by atoms with E-state index in [0.29, 0.717) is 54.9 Å². The molecule has 37 heavy (non-hydrogen) atoms. The number of halogens is 1. The van der Waals surface area contributed by atoms with Gasteiger partial charge in [-0.15, -0.1) is 0 Å². The van der Waals surface area contributed by atoms with Crippen molar-refractivity contribution in [3.63, 3.8) is 0 Å². The number of benzene rings is 2. The van der Waals surface area contributed by atoms with Crippen LogP contribution in [0.2, 0.25) is 0 Å². The number of piperazine rings is 1. The largest absolute Gasteiger partial charge is 0.345 e. The van der Waals surface area contributed by atoms with E-state index in [9.17, 15) is 14.0 Å². The fourth-order valence-electron chi connectivity index (χ4n) is 4.66. The number of aryl methyl sites for hydroxylation is 2. The summed E-state index contributed by atoms with van der Waals surface area (Å²) in [5.41, 5.74) is 2.88. The molecule has 192 valence electrons. The van der Waals surface area contributed by atoms with Crippen molar-refractivity contribution in [2.24, 2.45) is 14.1 Å². The van der Waals surface area contributed by atoms with E-state index >= 15 is 0 Å². The van der Waals surface area contributed by atoms with Gasteiger partial charge in [0, 0.05) is 46.0 Å². The maximum atomic E-state index is 13.2. The third-order valence-corrected chi connectivity index (χ3v) is 7.06. The minimum atomic E-state index is -0.411. The molecule has 2 aromatic heterocycles. The normalized spacial score (nSPS) is 13.8. The summed E-state index contributed by atoms with van der Waals surface area (Å²) in [6.07, 6.45) is 0. The average molecular weight is 522 g/mol. The first-order chi connectivity index (χ1) is 17.7. The van der Waals surface area contributed by atoms with Gasteiger partial charge in [-0.25, -0.2) is 9.18 Å². The van der Waals surface area contributed by atoms with Gasteiger partial charge in [-0.3, -0.25) is 18.5 Å². The van der Waals surface area contributed by atoms with Gasteiger partial charge in [-0.2, -0.15) is 4.98 Å². The summed E-state index contributed by atoms with van der Waals surface area (Å²) in [5.74, 6) is 0.345. The number of nitrogens with one attached hydrogen (secondary N) is 1. The quantitative estimate of drug-likeness (QED) is 0.413. The van der Waals surface area contributed by atoms with Crippen molar-refractivity contribution in [1.82, 2.24) is 23.6 Å². The summed E-state index contributed by atoms with van der Waals surface area (Å²) in [6.45, 7) is 5.00. The molecule has 1 saturated heterocycles. The van der Waals surface area contributed by atoms with Gasteiger partial charge in [-0.1, -0.05) is 29.8 Å². The zero-order chi connectivity index (χ0) is 26.3.